The Hall–Kier alpha value is -2.58. The van der Waals surface area contributed by atoms with Gasteiger partial charge in [0.2, 0.25) is 17.7 Å². The highest BCUT2D eigenvalue weighted by Gasteiger charge is 2.74. The number of rotatable bonds is 7. The Kier molecular flexibility index (Phi) is 7.24. The van der Waals surface area contributed by atoms with Crippen molar-refractivity contribution in [3.05, 3.63) is 60.2 Å². The van der Waals surface area contributed by atoms with Crippen LogP contribution in [0, 0.1) is 11.8 Å². The van der Waals surface area contributed by atoms with E-state index in [-0.39, 0.29) is 30.4 Å². The highest BCUT2D eigenvalue weighted by atomic mass is 32.2. The number of thioether (sulfide) groups is 1. The van der Waals surface area contributed by atoms with Gasteiger partial charge in [0.1, 0.15) is 6.04 Å². The van der Waals surface area contributed by atoms with E-state index in [0.717, 1.165) is 18.4 Å². The number of aliphatic hydroxyl groups excluding tert-OH is 1. The van der Waals surface area contributed by atoms with E-state index in [9.17, 15) is 19.5 Å². The largest absolute Gasteiger partial charge is 0.394 e. The second-order valence-electron chi connectivity index (χ2n) is 11.4. The van der Waals surface area contributed by atoms with Crippen molar-refractivity contribution in [3.8, 4) is 0 Å². The molecule has 0 aromatic heterocycles. The first-order chi connectivity index (χ1) is 18.2. The third-order valence-electron chi connectivity index (χ3n) is 8.88. The van der Waals surface area contributed by atoms with Gasteiger partial charge in [0.15, 0.2) is 0 Å². The van der Waals surface area contributed by atoms with Gasteiger partial charge in [0.25, 0.3) is 0 Å². The molecule has 4 aliphatic rings. The molecule has 0 saturated carbocycles. The number of hydrogen-bond donors (Lipinski definition) is 1. The summed E-state index contributed by atoms with van der Waals surface area (Å²) < 4.78 is -1.51. The molecule has 3 amide bonds. The van der Waals surface area contributed by atoms with Crippen LogP contribution < -0.4 is 0 Å². The number of carbonyl (C=O) groups is 3. The van der Waals surface area contributed by atoms with E-state index in [4.69, 9.17) is 0 Å². The Balaban J connectivity index is 1.65. The van der Waals surface area contributed by atoms with E-state index in [1.54, 1.807) is 28.6 Å². The van der Waals surface area contributed by atoms with E-state index < -0.39 is 33.4 Å². The van der Waals surface area contributed by atoms with Gasteiger partial charge in [-0.15, -0.1) is 11.8 Å². The van der Waals surface area contributed by atoms with Crippen molar-refractivity contribution in [1.29, 1.82) is 0 Å². The Morgan fingerprint density at radius 2 is 1.74 bits per heavy atom. The van der Waals surface area contributed by atoms with Gasteiger partial charge in [-0.05, 0) is 32.3 Å². The van der Waals surface area contributed by atoms with E-state index in [0.29, 0.717) is 19.5 Å². The van der Waals surface area contributed by atoms with Crippen molar-refractivity contribution >= 4 is 29.5 Å². The number of aliphatic hydroxyl groups is 1. The molecule has 4 aliphatic heterocycles. The van der Waals surface area contributed by atoms with Gasteiger partial charge < -0.3 is 19.8 Å². The molecule has 8 heteroatoms. The molecule has 2 unspecified atom stereocenters. The molecule has 1 aromatic carbocycles. The Labute approximate surface area is 229 Å². The van der Waals surface area contributed by atoms with Crippen LogP contribution in [0.5, 0.6) is 0 Å². The van der Waals surface area contributed by atoms with Crippen LogP contribution in [0.1, 0.15) is 39.2 Å². The monoisotopic (exact) mass is 537 g/mol. The Morgan fingerprint density at radius 1 is 1.03 bits per heavy atom. The number of nitrogens with zero attached hydrogens (tertiary/aromatic N) is 3. The number of likely N-dealkylation sites (N-methyl/N-ethyl adjacent to an activating group) is 1. The predicted octanol–water partition coefficient (Wildman–Crippen LogP) is 2.89. The zero-order valence-corrected chi connectivity index (χ0v) is 23.6. The first-order valence-electron chi connectivity index (χ1n) is 13.8. The molecule has 38 heavy (non-hydrogen) atoms. The lowest BCUT2D eigenvalue weighted by molar-refractivity contribution is -0.147. The molecule has 4 heterocycles. The third-order valence-corrected chi connectivity index (χ3v) is 10.7. The van der Waals surface area contributed by atoms with E-state index in [2.05, 4.69) is 26.0 Å². The molecular weight excluding hydrogens is 498 g/mol. The SMILES string of the molecule is CCCC(C)N1CC=C[C@]23S[C@]4(C)C=CCN(C)C(=O)[C@@H]4[C@H]2C(=O)N([C@@H](CO)Cc2ccccc2)C3C1=O. The van der Waals surface area contributed by atoms with Gasteiger partial charge in [-0.3, -0.25) is 14.4 Å². The molecular formula is C30H39N3O4S. The fourth-order valence-electron chi connectivity index (χ4n) is 7.10. The summed E-state index contributed by atoms with van der Waals surface area (Å²) in [6.07, 6.45) is 10.4. The average Bonchev–Trinajstić information content (AvgIpc) is 3.18. The second kappa shape index (κ2) is 10.2. The normalized spacial score (nSPS) is 34.1. The molecule has 1 spiro atoms. The van der Waals surface area contributed by atoms with Gasteiger partial charge in [-0.1, -0.05) is 68.0 Å². The summed E-state index contributed by atoms with van der Waals surface area (Å²) in [5, 5.41) is 10.6. The minimum Gasteiger partial charge on any atom is -0.394 e. The maximum absolute atomic E-state index is 14.6. The van der Waals surface area contributed by atoms with Crippen LogP contribution in [0.15, 0.2) is 54.6 Å². The number of likely N-dealkylation sites (tertiary alicyclic amines) is 1. The Bertz CT molecular complexity index is 1160. The molecule has 0 radical (unpaired) electrons. The first kappa shape index (κ1) is 27.0. The fourth-order valence-corrected chi connectivity index (χ4v) is 9.24. The quantitative estimate of drug-likeness (QED) is 0.541. The van der Waals surface area contributed by atoms with E-state index in [1.165, 1.54) is 0 Å². The molecule has 2 fully saturated rings. The molecule has 204 valence electrons. The summed E-state index contributed by atoms with van der Waals surface area (Å²) >= 11 is 1.59. The topological polar surface area (TPSA) is 81.2 Å². The molecule has 7 nitrogen and oxygen atoms in total. The third kappa shape index (κ3) is 4.11. The van der Waals surface area contributed by atoms with Gasteiger partial charge in [-0.25, -0.2) is 0 Å². The Morgan fingerprint density at radius 3 is 2.42 bits per heavy atom. The minimum absolute atomic E-state index is 0.0186. The standard InChI is InChI=1S/C30H39N3O4S/c1-5-11-20(2)32-17-10-15-30-24(23-26(35)31(4)16-9-14-29(23,3)38-30)27(36)33(25(30)28(32)37)22(19-34)18-21-12-7-6-8-13-21/h6-10,12-15,20,22-25,34H,5,11,16-19H2,1-4H3/t20?,22-,23+,24+,25?,29-,30+/m1/s1. The molecule has 0 aliphatic carbocycles. The molecule has 5 rings (SSSR count). The lowest BCUT2D eigenvalue weighted by Gasteiger charge is -2.41. The van der Waals surface area contributed by atoms with Gasteiger partial charge in [-0.2, -0.15) is 0 Å². The van der Waals surface area contributed by atoms with Crippen LogP contribution in [-0.2, 0) is 20.8 Å². The highest BCUT2D eigenvalue weighted by Crippen LogP contribution is 2.65. The highest BCUT2D eigenvalue weighted by molar-refractivity contribution is 8.02. The van der Waals surface area contributed by atoms with Crippen LogP contribution in [0.2, 0.25) is 0 Å². The van der Waals surface area contributed by atoms with Crippen LogP contribution in [-0.4, -0.2) is 91.9 Å². The van der Waals surface area contributed by atoms with Crippen molar-refractivity contribution in [3.63, 3.8) is 0 Å². The number of hydrogen-bond acceptors (Lipinski definition) is 5. The lowest BCUT2D eigenvalue weighted by Crippen LogP contribution is -2.58. The van der Waals surface area contributed by atoms with Crippen LogP contribution in [0.3, 0.4) is 0 Å². The summed E-state index contributed by atoms with van der Waals surface area (Å²) in [6, 6.07) is 8.42. The van der Waals surface area contributed by atoms with Crippen molar-refractivity contribution in [2.24, 2.45) is 11.8 Å². The molecule has 7 atom stereocenters. The zero-order valence-electron chi connectivity index (χ0n) is 22.7. The summed E-state index contributed by atoms with van der Waals surface area (Å²) in [5.74, 6) is -1.64. The molecule has 1 aromatic rings. The number of amides is 3. The van der Waals surface area contributed by atoms with Crippen molar-refractivity contribution in [1.82, 2.24) is 14.7 Å². The predicted molar refractivity (Wildman–Crippen MR) is 149 cm³/mol. The first-order valence-corrected chi connectivity index (χ1v) is 14.6. The average molecular weight is 538 g/mol. The van der Waals surface area contributed by atoms with Crippen molar-refractivity contribution in [2.45, 2.75) is 67.7 Å². The van der Waals surface area contributed by atoms with E-state index >= 15 is 0 Å². The summed E-state index contributed by atoms with van der Waals surface area (Å²) in [5.41, 5.74) is 0.990. The summed E-state index contributed by atoms with van der Waals surface area (Å²) in [7, 11) is 1.77. The summed E-state index contributed by atoms with van der Waals surface area (Å²) in [4.78, 5) is 48.1. The van der Waals surface area contributed by atoms with Crippen LogP contribution in [0.25, 0.3) is 0 Å². The number of benzene rings is 1. The summed E-state index contributed by atoms with van der Waals surface area (Å²) in [6.45, 7) is 6.91. The second-order valence-corrected chi connectivity index (χ2v) is 13.2. The van der Waals surface area contributed by atoms with Gasteiger partial charge in [0.05, 0.1) is 29.2 Å². The van der Waals surface area contributed by atoms with Crippen molar-refractivity contribution in [2.75, 3.05) is 26.7 Å². The molecule has 2 saturated heterocycles. The smallest absolute Gasteiger partial charge is 0.247 e. The molecule has 1 N–H and O–H groups in total. The van der Waals surface area contributed by atoms with Crippen LogP contribution in [0.4, 0.5) is 0 Å². The zero-order chi connectivity index (χ0) is 27.2. The van der Waals surface area contributed by atoms with Crippen molar-refractivity contribution < 1.29 is 19.5 Å². The van der Waals surface area contributed by atoms with Crippen LogP contribution >= 0.6 is 11.8 Å². The fraction of sp³-hybridized carbons (Fsp3) is 0.567. The van der Waals surface area contributed by atoms with E-state index in [1.807, 2.05) is 54.3 Å². The van der Waals surface area contributed by atoms with Gasteiger partial charge >= 0.3 is 0 Å². The van der Waals surface area contributed by atoms with Gasteiger partial charge in [0, 0.05) is 30.9 Å². The number of fused-ring (bicyclic) bond motifs is 2. The molecule has 0 bridgehead atoms. The lowest BCUT2D eigenvalue weighted by atomic mass is 9.74. The maximum atomic E-state index is 14.6. The number of carbonyl (C=O) groups excluding carboxylic acids is 3. The maximum Gasteiger partial charge on any atom is 0.247 e. The minimum atomic E-state index is -0.892.